The summed E-state index contributed by atoms with van der Waals surface area (Å²) in [6.07, 6.45) is 4.20. The minimum absolute atomic E-state index is 0.199. The lowest BCUT2D eigenvalue weighted by molar-refractivity contribution is 0.568. The van der Waals surface area contributed by atoms with Gasteiger partial charge < -0.3 is 5.32 Å². The average molecular weight is 234 g/mol. The summed E-state index contributed by atoms with van der Waals surface area (Å²) < 4.78 is 0. The quantitative estimate of drug-likeness (QED) is 0.875. The predicted molar refractivity (Wildman–Crippen MR) is 64.4 cm³/mol. The lowest BCUT2D eigenvalue weighted by atomic mass is 10.1. The summed E-state index contributed by atoms with van der Waals surface area (Å²) in [6, 6.07) is 2.13. The van der Waals surface area contributed by atoms with Crippen LogP contribution in [0.1, 0.15) is 22.4 Å². The molecule has 0 aliphatic heterocycles. The summed E-state index contributed by atoms with van der Waals surface area (Å²) in [5, 5.41) is 6.45. The molecule has 1 N–H and O–H groups in total. The predicted octanol–water partition coefficient (Wildman–Crippen LogP) is 1.74. The third-order valence-electron chi connectivity index (χ3n) is 2.39. The van der Waals surface area contributed by atoms with Gasteiger partial charge in [-0.25, -0.2) is 15.0 Å². The van der Waals surface area contributed by atoms with Crippen LogP contribution in [0.2, 0.25) is 0 Å². The highest BCUT2D eigenvalue weighted by Crippen LogP contribution is 2.17. The molecule has 0 aliphatic rings. The number of rotatable bonds is 4. The molecule has 1 unspecified atom stereocenters. The van der Waals surface area contributed by atoms with Crippen LogP contribution < -0.4 is 5.32 Å². The fraction of sp³-hybridized carbons (Fsp3) is 0.364. The normalized spacial score (nSPS) is 12.6. The Balaban J connectivity index is 2.12. The number of hydrogen-bond acceptors (Lipinski definition) is 5. The zero-order chi connectivity index (χ0) is 11.4. The number of aryl methyl sites for hydroxylation is 1. The fourth-order valence-electron chi connectivity index (χ4n) is 1.57. The van der Waals surface area contributed by atoms with Crippen LogP contribution in [0, 0.1) is 6.92 Å². The van der Waals surface area contributed by atoms with E-state index in [1.54, 1.807) is 23.9 Å². The van der Waals surface area contributed by atoms with Crippen LogP contribution in [0.15, 0.2) is 24.0 Å². The van der Waals surface area contributed by atoms with Crippen LogP contribution in [0.5, 0.6) is 0 Å². The van der Waals surface area contributed by atoms with Gasteiger partial charge in [-0.2, -0.15) is 0 Å². The molecule has 0 bridgehead atoms. The van der Waals surface area contributed by atoms with Crippen molar-refractivity contribution in [3.05, 3.63) is 40.4 Å². The molecule has 0 amide bonds. The van der Waals surface area contributed by atoms with E-state index in [1.165, 1.54) is 0 Å². The molecule has 0 aliphatic carbocycles. The number of nitrogens with zero attached hydrogens (tertiary/aromatic N) is 3. The standard InChI is InChI=1S/C11H14N4S/c1-8-15-9(6-16-8)5-11(12-2)10-3-4-13-7-14-10/h3-4,6-7,11-12H,5H2,1-2H3. The van der Waals surface area contributed by atoms with Gasteiger partial charge in [-0.3, -0.25) is 0 Å². The van der Waals surface area contributed by atoms with E-state index >= 15 is 0 Å². The highest BCUT2D eigenvalue weighted by molar-refractivity contribution is 7.09. The van der Waals surface area contributed by atoms with Gasteiger partial charge in [0.1, 0.15) is 6.33 Å². The first kappa shape index (κ1) is 11.2. The zero-order valence-corrected chi connectivity index (χ0v) is 10.2. The molecule has 4 nitrogen and oxygen atoms in total. The van der Waals surface area contributed by atoms with Gasteiger partial charge in [0.15, 0.2) is 0 Å². The van der Waals surface area contributed by atoms with E-state index in [0.717, 1.165) is 22.8 Å². The van der Waals surface area contributed by atoms with E-state index in [9.17, 15) is 0 Å². The topological polar surface area (TPSA) is 50.7 Å². The molecule has 2 aromatic rings. The van der Waals surface area contributed by atoms with Crippen LogP contribution in [0.25, 0.3) is 0 Å². The van der Waals surface area contributed by atoms with E-state index < -0.39 is 0 Å². The van der Waals surface area contributed by atoms with Crippen molar-refractivity contribution in [2.75, 3.05) is 7.05 Å². The first-order valence-corrected chi connectivity index (χ1v) is 6.01. The first-order chi connectivity index (χ1) is 7.79. The Morgan fingerprint density at radius 1 is 1.50 bits per heavy atom. The summed E-state index contributed by atoms with van der Waals surface area (Å²) in [5.74, 6) is 0. The van der Waals surface area contributed by atoms with Gasteiger partial charge in [0.25, 0.3) is 0 Å². The van der Waals surface area contributed by atoms with E-state index in [2.05, 4.69) is 25.6 Å². The van der Waals surface area contributed by atoms with Gasteiger partial charge >= 0.3 is 0 Å². The van der Waals surface area contributed by atoms with Crippen molar-refractivity contribution >= 4 is 11.3 Å². The van der Waals surface area contributed by atoms with Crippen molar-refractivity contribution in [2.24, 2.45) is 0 Å². The molecule has 0 saturated carbocycles. The summed E-state index contributed by atoms with van der Waals surface area (Å²) in [6.45, 7) is 2.02. The maximum absolute atomic E-state index is 4.46. The smallest absolute Gasteiger partial charge is 0.115 e. The fourth-order valence-corrected chi connectivity index (χ4v) is 2.20. The lowest BCUT2D eigenvalue weighted by Crippen LogP contribution is -2.20. The molecule has 16 heavy (non-hydrogen) atoms. The van der Waals surface area contributed by atoms with Crippen LogP contribution in [0.3, 0.4) is 0 Å². The largest absolute Gasteiger partial charge is 0.311 e. The van der Waals surface area contributed by atoms with Crippen LogP contribution in [-0.4, -0.2) is 22.0 Å². The number of aromatic nitrogens is 3. The highest BCUT2D eigenvalue weighted by atomic mass is 32.1. The monoisotopic (exact) mass is 234 g/mol. The number of likely N-dealkylation sites (N-methyl/N-ethyl adjacent to an activating group) is 1. The third kappa shape index (κ3) is 2.62. The molecule has 0 fully saturated rings. The molecule has 84 valence electrons. The molecule has 0 aromatic carbocycles. The number of nitrogens with one attached hydrogen (secondary N) is 1. The average Bonchev–Trinajstić information content (AvgIpc) is 2.73. The van der Waals surface area contributed by atoms with Crippen LogP contribution in [0.4, 0.5) is 0 Å². The van der Waals surface area contributed by atoms with Crippen molar-refractivity contribution in [3.8, 4) is 0 Å². The van der Waals surface area contributed by atoms with Crippen molar-refractivity contribution in [2.45, 2.75) is 19.4 Å². The van der Waals surface area contributed by atoms with Crippen LogP contribution in [-0.2, 0) is 6.42 Å². The number of hydrogen-bond donors (Lipinski definition) is 1. The lowest BCUT2D eigenvalue weighted by Gasteiger charge is -2.13. The Labute approximate surface area is 98.8 Å². The molecule has 2 aromatic heterocycles. The van der Waals surface area contributed by atoms with Crippen LogP contribution >= 0.6 is 11.3 Å². The second-order valence-corrected chi connectivity index (χ2v) is 4.60. The molecule has 2 heterocycles. The molecule has 2 rings (SSSR count). The van der Waals surface area contributed by atoms with E-state index in [-0.39, 0.29) is 6.04 Å². The van der Waals surface area contributed by atoms with E-state index in [1.807, 2.05) is 20.0 Å². The Morgan fingerprint density at radius 3 is 2.94 bits per heavy atom. The second-order valence-electron chi connectivity index (χ2n) is 3.54. The summed E-state index contributed by atoms with van der Waals surface area (Å²) >= 11 is 1.68. The molecule has 1 atom stereocenters. The van der Waals surface area contributed by atoms with Crippen molar-refractivity contribution in [1.29, 1.82) is 0 Å². The molecule has 5 heteroatoms. The minimum Gasteiger partial charge on any atom is -0.311 e. The van der Waals surface area contributed by atoms with E-state index in [0.29, 0.717) is 0 Å². The molecule has 0 spiro atoms. The minimum atomic E-state index is 0.199. The van der Waals surface area contributed by atoms with E-state index in [4.69, 9.17) is 0 Å². The van der Waals surface area contributed by atoms with Gasteiger partial charge in [0, 0.05) is 18.0 Å². The number of thiazole rings is 1. The Hall–Kier alpha value is -1.33. The Kier molecular flexibility index (Phi) is 3.58. The van der Waals surface area contributed by atoms with Gasteiger partial charge in [-0.1, -0.05) is 0 Å². The highest BCUT2D eigenvalue weighted by Gasteiger charge is 2.12. The summed E-state index contributed by atoms with van der Waals surface area (Å²) in [7, 11) is 1.94. The van der Waals surface area contributed by atoms with Crippen molar-refractivity contribution in [1.82, 2.24) is 20.3 Å². The Morgan fingerprint density at radius 2 is 2.38 bits per heavy atom. The van der Waals surface area contributed by atoms with Gasteiger partial charge in [0.05, 0.1) is 22.4 Å². The third-order valence-corrected chi connectivity index (χ3v) is 3.21. The SMILES string of the molecule is CNC(Cc1csc(C)n1)c1ccncn1. The van der Waals surface area contributed by atoms with Gasteiger partial charge in [0.2, 0.25) is 0 Å². The van der Waals surface area contributed by atoms with Gasteiger partial charge in [-0.15, -0.1) is 11.3 Å². The summed E-state index contributed by atoms with van der Waals surface area (Å²) in [5.41, 5.74) is 2.11. The maximum Gasteiger partial charge on any atom is 0.115 e. The molecule has 0 radical (unpaired) electrons. The molecular formula is C11H14N4S. The molecular weight excluding hydrogens is 220 g/mol. The van der Waals surface area contributed by atoms with Gasteiger partial charge in [-0.05, 0) is 20.0 Å². The molecule has 0 saturated heterocycles. The maximum atomic E-state index is 4.46. The first-order valence-electron chi connectivity index (χ1n) is 5.14. The zero-order valence-electron chi connectivity index (χ0n) is 9.34. The summed E-state index contributed by atoms with van der Waals surface area (Å²) in [4.78, 5) is 12.6. The second kappa shape index (κ2) is 5.14. The Bertz CT molecular complexity index is 440. The van der Waals surface area contributed by atoms with Crippen molar-refractivity contribution < 1.29 is 0 Å². The van der Waals surface area contributed by atoms with Crippen molar-refractivity contribution in [3.63, 3.8) is 0 Å².